The first kappa shape index (κ1) is 13.3. The van der Waals surface area contributed by atoms with Gasteiger partial charge in [0.2, 0.25) is 0 Å². The van der Waals surface area contributed by atoms with Gasteiger partial charge >= 0.3 is 0 Å². The van der Waals surface area contributed by atoms with Crippen LogP contribution in [0.5, 0.6) is 0 Å². The topological polar surface area (TPSA) is 64.4 Å². The SMILES string of the molecule is C=CCOCCNCc1ccccc1[N+](=O)[O-]. The predicted octanol–water partition coefficient (Wildman–Crippen LogP) is 1.89. The summed E-state index contributed by atoms with van der Waals surface area (Å²) in [6, 6.07) is 6.70. The molecule has 1 N–H and O–H groups in total. The van der Waals surface area contributed by atoms with Crippen molar-refractivity contribution in [1.29, 1.82) is 0 Å². The van der Waals surface area contributed by atoms with Crippen LogP contribution < -0.4 is 5.32 Å². The minimum Gasteiger partial charge on any atom is -0.376 e. The third-order valence-corrected chi connectivity index (χ3v) is 2.16. The first-order chi connectivity index (χ1) is 8.25. The van der Waals surface area contributed by atoms with Crippen LogP contribution in [0.1, 0.15) is 5.56 Å². The third kappa shape index (κ3) is 4.76. The van der Waals surface area contributed by atoms with Crippen LogP contribution in [0.25, 0.3) is 0 Å². The fourth-order valence-corrected chi connectivity index (χ4v) is 1.37. The largest absolute Gasteiger partial charge is 0.376 e. The molecule has 0 aliphatic rings. The van der Waals surface area contributed by atoms with E-state index in [-0.39, 0.29) is 10.6 Å². The van der Waals surface area contributed by atoms with Gasteiger partial charge in [-0.25, -0.2) is 0 Å². The fraction of sp³-hybridized carbons (Fsp3) is 0.333. The second kappa shape index (κ2) is 7.54. The Hall–Kier alpha value is -1.72. The molecule has 0 spiro atoms. The number of para-hydroxylation sites is 1. The molecule has 0 unspecified atom stereocenters. The molecule has 0 aliphatic heterocycles. The minimum atomic E-state index is -0.370. The van der Waals surface area contributed by atoms with Gasteiger partial charge in [-0.05, 0) is 0 Å². The Kier molecular flexibility index (Phi) is 5.92. The quantitative estimate of drug-likeness (QED) is 0.324. The zero-order valence-electron chi connectivity index (χ0n) is 9.59. The van der Waals surface area contributed by atoms with Crippen molar-refractivity contribution in [3.05, 3.63) is 52.6 Å². The van der Waals surface area contributed by atoms with E-state index in [0.29, 0.717) is 31.9 Å². The number of ether oxygens (including phenoxy) is 1. The van der Waals surface area contributed by atoms with Crippen LogP contribution in [-0.2, 0) is 11.3 Å². The van der Waals surface area contributed by atoms with E-state index in [4.69, 9.17) is 4.74 Å². The van der Waals surface area contributed by atoms with E-state index in [1.54, 1.807) is 24.3 Å². The molecule has 5 heteroatoms. The highest BCUT2D eigenvalue weighted by atomic mass is 16.6. The smallest absolute Gasteiger partial charge is 0.273 e. The molecule has 1 aromatic rings. The Balaban J connectivity index is 2.36. The summed E-state index contributed by atoms with van der Waals surface area (Å²) in [5.41, 5.74) is 0.827. The number of nitrogens with one attached hydrogen (secondary N) is 1. The summed E-state index contributed by atoms with van der Waals surface area (Å²) in [6.07, 6.45) is 1.68. The van der Waals surface area contributed by atoms with Crippen LogP contribution in [-0.4, -0.2) is 24.7 Å². The Morgan fingerprint density at radius 1 is 1.47 bits per heavy atom. The Morgan fingerprint density at radius 3 is 2.94 bits per heavy atom. The van der Waals surface area contributed by atoms with E-state index in [1.165, 1.54) is 6.07 Å². The molecule has 1 rings (SSSR count). The highest BCUT2D eigenvalue weighted by Gasteiger charge is 2.10. The van der Waals surface area contributed by atoms with Crippen molar-refractivity contribution in [2.45, 2.75) is 6.54 Å². The number of hydrogen-bond acceptors (Lipinski definition) is 4. The van der Waals surface area contributed by atoms with E-state index in [0.717, 1.165) is 0 Å². The van der Waals surface area contributed by atoms with E-state index >= 15 is 0 Å². The van der Waals surface area contributed by atoms with Gasteiger partial charge in [-0.2, -0.15) is 0 Å². The minimum absolute atomic E-state index is 0.145. The van der Waals surface area contributed by atoms with Crippen LogP contribution in [0.3, 0.4) is 0 Å². The molecule has 0 heterocycles. The van der Waals surface area contributed by atoms with Crippen molar-refractivity contribution in [2.24, 2.45) is 0 Å². The van der Waals surface area contributed by atoms with Crippen molar-refractivity contribution in [3.8, 4) is 0 Å². The second-order valence-electron chi connectivity index (χ2n) is 3.43. The molecule has 0 aliphatic carbocycles. The van der Waals surface area contributed by atoms with Crippen LogP contribution >= 0.6 is 0 Å². The second-order valence-corrected chi connectivity index (χ2v) is 3.43. The van der Waals surface area contributed by atoms with Crippen molar-refractivity contribution in [3.63, 3.8) is 0 Å². The van der Waals surface area contributed by atoms with Crippen LogP contribution in [0.4, 0.5) is 5.69 Å². The molecule has 0 saturated heterocycles. The lowest BCUT2D eigenvalue weighted by molar-refractivity contribution is -0.385. The molecular formula is C12H16N2O3. The zero-order valence-corrected chi connectivity index (χ0v) is 9.59. The van der Waals surface area contributed by atoms with Crippen molar-refractivity contribution in [2.75, 3.05) is 19.8 Å². The Labute approximate surface area is 100 Å². The third-order valence-electron chi connectivity index (χ3n) is 2.16. The van der Waals surface area contributed by atoms with Gasteiger partial charge in [0.15, 0.2) is 0 Å². The lowest BCUT2D eigenvalue weighted by Gasteiger charge is -2.05. The monoisotopic (exact) mass is 236 g/mol. The van der Waals surface area contributed by atoms with Gasteiger partial charge in [0.25, 0.3) is 5.69 Å². The van der Waals surface area contributed by atoms with Gasteiger partial charge in [-0.1, -0.05) is 24.3 Å². The Bertz CT molecular complexity index is 380. The maximum absolute atomic E-state index is 10.7. The first-order valence-corrected chi connectivity index (χ1v) is 5.37. The lowest BCUT2D eigenvalue weighted by Crippen LogP contribution is -2.19. The molecule has 0 atom stereocenters. The van der Waals surface area contributed by atoms with Gasteiger partial charge < -0.3 is 10.1 Å². The number of nitrogens with zero attached hydrogens (tertiary/aromatic N) is 1. The zero-order chi connectivity index (χ0) is 12.5. The summed E-state index contributed by atoms with van der Waals surface area (Å²) in [7, 11) is 0. The molecule has 92 valence electrons. The van der Waals surface area contributed by atoms with Crippen molar-refractivity contribution >= 4 is 5.69 Å². The summed E-state index contributed by atoms with van der Waals surface area (Å²) in [6.45, 7) is 5.74. The standard InChI is InChI=1S/C12H16N2O3/c1-2-8-17-9-7-13-10-11-5-3-4-6-12(11)14(15)16/h2-6,13H,1,7-10H2. The number of nitro benzene ring substituents is 1. The van der Waals surface area contributed by atoms with E-state index < -0.39 is 0 Å². The van der Waals surface area contributed by atoms with Gasteiger partial charge in [0, 0.05) is 24.7 Å². The van der Waals surface area contributed by atoms with Gasteiger partial charge in [-0.15, -0.1) is 6.58 Å². The molecule has 0 amide bonds. The first-order valence-electron chi connectivity index (χ1n) is 5.37. The van der Waals surface area contributed by atoms with E-state index in [2.05, 4.69) is 11.9 Å². The van der Waals surface area contributed by atoms with E-state index in [1.807, 2.05) is 0 Å². The average molecular weight is 236 g/mol. The highest BCUT2D eigenvalue weighted by molar-refractivity contribution is 5.39. The molecule has 1 aromatic carbocycles. The number of rotatable bonds is 8. The highest BCUT2D eigenvalue weighted by Crippen LogP contribution is 2.16. The summed E-state index contributed by atoms with van der Waals surface area (Å²) >= 11 is 0. The molecule has 0 radical (unpaired) electrons. The fourth-order valence-electron chi connectivity index (χ4n) is 1.37. The van der Waals surface area contributed by atoms with Gasteiger partial charge in [0.1, 0.15) is 0 Å². The maximum atomic E-state index is 10.7. The van der Waals surface area contributed by atoms with Crippen LogP contribution in [0.2, 0.25) is 0 Å². The summed E-state index contributed by atoms with van der Waals surface area (Å²) < 4.78 is 5.18. The molecule has 0 saturated carbocycles. The van der Waals surface area contributed by atoms with E-state index in [9.17, 15) is 10.1 Å². The van der Waals surface area contributed by atoms with Gasteiger partial charge in [-0.3, -0.25) is 10.1 Å². The summed E-state index contributed by atoms with van der Waals surface area (Å²) in [4.78, 5) is 10.4. The number of benzene rings is 1. The average Bonchev–Trinajstić information content (AvgIpc) is 2.34. The van der Waals surface area contributed by atoms with Crippen molar-refractivity contribution < 1.29 is 9.66 Å². The maximum Gasteiger partial charge on any atom is 0.273 e. The van der Waals surface area contributed by atoms with Gasteiger partial charge in [0.05, 0.1) is 18.1 Å². The molecule has 0 fully saturated rings. The molecule has 0 bridgehead atoms. The molecule has 0 aromatic heterocycles. The Morgan fingerprint density at radius 2 is 2.24 bits per heavy atom. The molecule has 5 nitrogen and oxygen atoms in total. The summed E-state index contributed by atoms with van der Waals surface area (Å²) in [5.74, 6) is 0. The molecular weight excluding hydrogens is 220 g/mol. The van der Waals surface area contributed by atoms with Crippen LogP contribution in [0, 0.1) is 10.1 Å². The number of hydrogen-bond donors (Lipinski definition) is 1. The predicted molar refractivity (Wildman–Crippen MR) is 65.8 cm³/mol. The lowest BCUT2D eigenvalue weighted by atomic mass is 10.2. The summed E-state index contributed by atoms with van der Waals surface area (Å²) in [5, 5.41) is 13.8. The van der Waals surface area contributed by atoms with Crippen molar-refractivity contribution in [1.82, 2.24) is 5.32 Å². The number of nitro groups is 1. The van der Waals surface area contributed by atoms with Crippen LogP contribution in [0.15, 0.2) is 36.9 Å². The normalized spacial score (nSPS) is 10.1. The molecule has 17 heavy (non-hydrogen) atoms.